The summed E-state index contributed by atoms with van der Waals surface area (Å²) >= 11 is 7.72. The SMILES string of the molecule is OCC(CCSc1cccc(Cl)c1)NC1CC1. The van der Waals surface area contributed by atoms with Gasteiger partial charge in [0.15, 0.2) is 0 Å². The Labute approximate surface area is 112 Å². The summed E-state index contributed by atoms with van der Waals surface area (Å²) in [6.07, 6.45) is 3.51. The summed E-state index contributed by atoms with van der Waals surface area (Å²) in [5, 5.41) is 13.5. The molecule has 0 heterocycles. The monoisotopic (exact) mass is 271 g/mol. The third kappa shape index (κ3) is 4.88. The van der Waals surface area contributed by atoms with Gasteiger partial charge in [-0.2, -0.15) is 0 Å². The Morgan fingerprint density at radius 1 is 1.47 bits per heavy atom. The van der Waals surface area contributed by atoms with Crippen molar-refractivity contribution in [2.75, 3.05) is 12.4 Å². The molecular weight excluding hydrogens is 254 g/mol. The van der Waals surface area contributed by atoms with Gasteiger partial charge in [-0.05, 0) is 43.2 Å². The van der Waals surface area contributed by atoms with Crippen molar-refractivity contribution >= 4 is 23.4 Å². The third-order valence-corrected chi connectivity index (χ3v) is 4.06. The molecular formula is C13H18ClNOS. The molecule has 1 aromatic rings. The normalized spacial score (nSPS) is 17.1. The molecule has 1 aliphatic rings. The second-order valence-electron chi connectivity index (χ2n) is 4.41. The highest BCUT2D eigenvalue weighted by Crippen LogP contribution is 2.24. The minimum Gasteiger partial charge on any atom is -0.395 e. The average Bonchev–Trinajstić information content (AvgIpc) is 3.12. The fraction of sp³-hybridized carbons (Fsp3) is 0.538. The van der Waals surface area contributed by atoms with E-state index in [1.165, 1.54) is 17.7 Å². The van der Waals surface area contributed by atoms with Crippen molar-refractivity contribution in [1.82, 2.24) is 5.32 Å². The Bertz CT molecular complexity index is 357. The first-order chi connectivity index (χ1) is 8.28. The maximum atomic E-state index is 9.25. The van der Waals surface area contributed by atoms with E-state index in [1.54, 1.807) is 11.8 Å². The van der Waals surface area contributed by atoms with Crippen LogP contribution in [0.2, 0.25) is 5.02 Å². The Kier molecular flexibility index (Phi) is 5.16. The summed E-state index contributed by atoms with van der Waals surface area (Å²) in [7, 11) is 0. The molecule has 94 valence electrons. The summed E-state index contributed by atoms with van der Waals surface area (Å²) < 4.78 is 0. The van der Waals surface area contributed by atoms with E-state index in [4.69, 9.17) is 11.6 Å². The standard InChI is InChI=1S/C13H18ClNOS/c14-10-2-1-3-13(8-10)17-7-6-12(9-16)15-11-4-5-11/h1-3,8,11-12,15-16H,4-7,9H2. The van der Waals surface area contributed by atoms with E-state index < -0.39 is 0 Å². The molecule has 1 atom stereocenters. The molecule has 0 radical (unpaired) electrons. The summed E-state index contributed by atoms with van der Waals surface area (Å²) in [5.74, 6) is 1.01. The smallest absolute Gasteiger partial charge is 0.0585 e. The fourth-order valence-corrected chi connectivity index (χ4v) is 2.96. The van der Waals surface area contributed by atoms with Crippen molar-refractivity contribution in [3.8, 4) is 0 Å². The summed E-state index contributed by atoms with van der Waals surface area (Å²) in [6.45, 7) is 0.229. The molecule has 17 heavy (non-hydrogen) atoms. The molecule has 0 aromatic heterocycles. The zero-order valence-corrected chi connectivity index (χ0v) is 11.3. The number of rotatable bonds is 7. The zero-order valence-electron chi connectivity index (χ0n) is 9.73. The Hall–Kier alpha value is -0.220. The van der Waals surface area contributed by atoms with Crippen LogP contribution in [0.25, 0.3) is 0 Å². The molecule has 2 N–H and O–H groups in total. The lowest BCUT2D eigenvalue weighted by atomic mass is 10.2. The molecule has 0 bridgehead atoms. The van der Waals surface area contributed by atoms with Crippen LogP contribution in [0, 0.1) is 0 Å². The molecule has 1 fully saturated rings. The molecule has 0 aliphatic heterocycles. The maximum Gasteiger partial charge on any atom is 0.0585 e. The number of hydrogen-bond acceptors (Lipinski definition) is 3. The first-order valence-electron chi connectivity index (χ1n) is 6.03. The second kappa shape index (κ2) is 6.64. The van der Waals surface area contributed by atoms with Gasteiger partial charge < -0.3 is 10.4 Å². The number of benzene rings is 1. The van der Waals surface area contributed by atoms with Crippen LogP contribution in [0.1, 0.15) is 19.3 Å². The number of hydrogen-bond donors (Lipinski definition) is 2. The molecule has 4 heteroatoms. The van der Waals surface area contributed by atoms with Crippen molar-refractivity contribution in [2.24, 2.45) is 0 Å². The quantitative estimate of drug-likeness (QED) is 0.748. The largest absolute Gasteiger partial charge is 0.395 e. The van der Waals surface area contributed by atoms with Crippen LogP contribution >= 0.6 is 23.4 Å². The van der Waals surface area contributed by atoms with Crippen LogP contribution < -0.4 is 5.32 Å². The minimum atomic E-state index is 0.229. The van der Waals surface area contributed by atoms with Crippen LogP contribution in [0.3, 0.4) is 0 Å². The van der Waals surface area contributed by atoms with Crippen molar-refractivity contribution < 1.29 is 5.11 Å². The van der Waals surface area contributed by atoms with Crippen molar-refractivity contribution in [2.45, 2.75) is 36.2 Å². The van der Waals surface area contributed by atoms with Crippen LogP contribution in [-0.2, 0) is 0 Å². The summed E-state index contributed by atoms with van der Waals surface area (Å²) in [4.78, 5) is 1.20. The van der Waals surface area contributed by atoms with E-state index in [1.807, 2.05) is 18.2 Å². The topological polar surface area (TPSA) is 32.3 Å². The Morgan fingerprint density at radius 3 is 2.94 bits per heavy atom. The van der Waals surface area contributed by atoms with Gasteiger partial charge in [0.25, 0.3) is 0 Å². The molecule has 0 amide bonds. The molecule has 1 unspecified atom stereocenters. The first kappa shape index (κ1) is 13.2. The number of halogens is 1. The van der Waals surface area contributed by atoms with Crippen molar-refractivity contribution in [3.05, 3.63) is 29.3 Å². The number of aliphatic hydroxyl groups excluding tert-OH is 1. The van der Waals surface area contributed by atoms with Gasteiger partial charge in [0.1, 0.15) is 0 Å². The highest BCUT2D eigenvalue weighted by molar-refractivity contribution is 7.99. The van der Waals surface area contributed by atoms with Crippen LogP contribution in [0.5, 0.6) is 0 Å². The van der Waals surface area contributed by atoms with Crippen LogP contribution in [-0.4, -0.2) is 29.5 Å². The molecule has 1 aromatic carbocycles. The van der Waals surface area contributed by atoms with Gasteiger partial charge in [-0.3, -0.25) is 0 Å². The van der Waals surface area contributed by atoms with Crippen LogP contribution in [0.4, 0.5) is 0 Å². The van der Waals surface area contributed by atoms with Gasteiger partial charge >= 0.3 is 0 Å². The molecule has 1 saturated carbocycles. The predicted molar refractivity (Wildman–Crippen MR) is 73.8 cm³/mol. The highest BCUT2D eigenvalue weighted by atomic mass is 35.5. The van der Waals surface area contributed by atoms with Gasteiger partial charge in [0, 0.05) is 22.0 Å². The molecule has 2 nitrogen and oxygen atoms in total. The number of aliphatic hydroxyl groups is 1. The van der Waals surface area contributed by atoms with E-state index in [9.17, 15) is 5.11 Å². The van der Waals surface area contributed by atoms with Crippen molar-refractivity contribution in [3.63, 3.8) is 0 Å². The summed E-state index contributed by atoms with van der Waals surface area (Å²) in [6, 6.07) is 8.80. The van der Waals surface area contributed by atoms with E-state index in [-0.39, 0.29) is 12.6 Å². The highest BCUT2D eigenvalue weighted by Gasteiger charge is 2.23. The van der Waals surface area contributed by atoms with E-state index in [0.717, 1.165) is 17.2 Å². The lowest BCUT2D eigenvalue weighted by Crippen LogP contribution is -2.34. The summed E-state index contributed by atoms with van der Waals surface area (Å²) in [5.41, 5.74) is 0. The lowest BCUT2D eigenvalue weighted by molar-refractivity contribution is 0.239. The maximum absolute atomic E-state index is 9.25. The first-order valence-corrected chi connectivity index (χ1v) is 7.39. The van der Waals surface area contributed by atoms with Gasteiger partial charge in [-0.25, -0.2) is 0 Å². The van der Waals surface area contributed by atoms with E-state index >= 15 is 0 Å². The zero-order chi connectivity index (χ0) is 12.1. The Morgan fingerprint density at radius 2 is 2.29 bits per heavy atom. The number of nitrogens with one attached hydrogen (secondary N) is 1. The van der Waals surface area contributed by atoms with E-state index in [0.29, 0.717) is 6.04 Å². The minimum absolute atomic E-state index is 0.229. The van der Waals surface area contributed by atoms with Crippen molar-refractivity contribution in [1.29, 1.82) is 0 Å². The predicted octanol–water partition coefficient (Wildman–Crippen LogP) is 2.94. The third-order valence-electron chi connectivity index (χ3n) is 2.80. The number of thioether (sulfide) groups is 1. The van der Waals surface area contributed by atoms with Crippen LogP contribution in [0.15, 0.2) is 29.2 Å². The van der Waals surface area contributed by atoms with Gasteiger partial charge in [0.2, 0.25) is 0 Å². The molecule has 1 aliphatic carbocycles. The molecule has 2 rings (SSSR count). The van der Waals surface area contributed by atoms with E-state index in [2.05, 4.69) is 11.4 Å². The second-order valence-corrected chi connectivity index (χ2v) is 6.02. The Balaban J connectivity index is 1.70. The van der Waals surface area contributed by atoms with Gasteiger partial charge in [-0.15, -0.1) is 11.8 Å². The van der Waals surface area contributed by atoms with Gasteiger partial charge in [-0.1, -0.05) is 17.7 Å². The average molecular weight is 272 g/mol. The lowest BCUT2D eigenvalue weighted by Gasteiger charge is -2.15. The molecule has 0 saturated heterocycles. The fourth-order valence-electron chi connectivity index (χ4n) is 1.69. The van der Waals surface area contributed by atoms with Gasteiger partial charge in [0.05, 0.1) is 6.61 Å². The molecule has 0 spiro atoms.